The van der Waals surface area contributed by atoms with Gasteiger partial charge in [0.2, 0.25) is 15.9 Å². The molecule has 1 aliphatic heterocycles. The quantitative estimate of drug-likeness (QED) is 0.785. The molecule has 0 aromatic heterocycles. The molecule has 2 N–H and O–H groups in total. The molecule has 0 unspecified atom stereocenters. The fourth-order valence-electron chi connectivity index (χ4n) is 4.30. The molecule has 3 rings (SSSR count). The van der Waals surface area contributed by atoms with E-state index in [1.807, 2.05) is 6.92 Å². The molecule has 26 heavy (non-hydrogen) atoms. The number of aryl methyl sites for hydroxylation is 1. The van der Waals surface area contributed by atoms with Crippen LogP contribution in [-0.4, -0.2) is 52.5 Å². The standard InChI is InChI=1S/C19H29N3O3S/c1-15-6-8-17(9-7-15)26(24,25)21-11-12-22(2)18(23)19-10-4-3-5-16(19)13-20-14-19/h6-9,16,20-21H,3-5,10-14H2,1-2H3/t16-,19+/m0/s1. The minimum Gasteiger partial charge on any atom is -0.344 e. The second kappa shape index (κ2) is 7.66. The monoisotopic (exact) mass is 379 g/mol. The molecular formula is C19H29N3O3S. The molecule has 144 valence electrons. The van der Waals surface area contributed by atoms with Gasteiger partial charge in [-0.05, 0) is 44.4 Å². The molecule has 1 saturated heterocycles. The number of rotatable bonds is 6. The zero-order valence-electron chi connectivity index (χ0n) is 15.6. The van der Waals surface area contributed by atoms with Crippen LogP contribution in [0, 0.1) is 18.3 Å². The maximum Gasteiger partial charge on any atom is 0.240 e. The number of carbonyl (C=O) groups is 1. The number of fused-ring (bicyclic) bond motifs is 1. The van der Waals surface area contributed by atoms with Crippen LogP contribution in [-0.2, 0) is 14.8 Å². The Balaban J connectivity index is 1.57. The van der Waals surface area contributed by atoms with Crippen molar-refractivity contribution in [1.29, 1.82) is 0 Å². The van der Waals surface area contributed by atoms with E-state index in [1.165, 1.54) is 6.42 Å². The summed E-state index contributed by atoms with van der Waals surface area (Å²) in [7, 11) is -1.76. The largest absolute Gasteiger partial charge is 0.344 e. The van der Waals surface area contributed by atoms with E-state index in [0.29, 0.717) is 12.5 Å². The lowest BCUT2D eigenvalue weighted by molar-refractivity contribution is -0.143. The van der Waals surface area contributed by atoms with Gasteiger partial charge in [-0.25, -0.2) is 13.1 Å². The van der Waals surface area contributed by atoms with Gasteiger partial charge in [0.1, 0.15) is 0 Å². The number of benzene rings is 1. The highest BCUT2D eigenvalue weighted by Crippen LogP contribution is 2.44. The summed E-state index contributed by atoms with van der Waals surface area (Å²) >= 11 is 0. The summed E-state index contributed by atoms with van der Waals surface area (Å²) in [4.78, 5) is 15.0. The van der Waals surface area contributed by atoms with Crippen LogP contribution >= 0.6 is 0 Å². The number of hydrogen-bond acceptors (Lipinski definition) is 4. The molecule has 1 saturated carbocycles. The molecule has 1 aromatic rings. The van der Waals surface area contributed by atoms with E-state index in [2.05, 4.69) is 10.0 Å². The van der Waals surface area contributed by atoms with Crippen LogP contribution in [0.15, 0.2) is 29.2 Å². The first kappa shape index (κ1) is 19.3. The second-order valence-corrected chi connectivity index (χ2v) is 9.43. The first-order chi connectivity index (χ1) is 12.3. The maximum atomic E-state index is 13.1. The molecule has 2 atom stereocenters. The Hall–Kier alpha value is -1.44. The van der Waals surface area contributed by atoms with Crippen molar-refractivity contribution in [2.24, 2.45) is 11.3 Å². The Labute approximate surface area is 156 Å². The van der Waals surface area contributed by atoms with Gasteiger partial charge in [-0.3, -0.25) is 4.79 Å². The topological polar surface area (TPSA) is 78.5 Å². The highest BCUT2D eigenvalue weighted by molar-refractivity contribution is 7.89. The molecule has 2 fully saturated rings. The van der Waals surface area contributed by atoms with Gasteiger partial charge in [-0.15, -0.1) is 0 Å². The van der Waals surface area contributed by atoms with Crippen LogP contribution in [0.3, 0.4) is 0 Å². The first-order valence-corrected chi connectivity index (χ1v) is 10.9. The number of nitrogens with zero attached hydrogens (tertiary/aromatic N) is 1. The fraction of sp³-hybridized carbons (Fsp3) is 0.632. The molecule has 1 aromatic carbocycles. The highest BCUT2D eigenvalue weighted by atomic mass is 32.2. The van der Waals surface area contributed by atoms with Crippen LogP contribution in [0.2, 0.25) is 0 Å². The minimum atomic E-state index is -3.54. The summed E-state index contributed by atoms with van der Waals surface area (Å²) in [6.07, 6.45) is 4.33. The zero-order valence-corrected chi connectivity index (χ0v) is 16.4. The summed E-state index contributed by atoms with van der Waals surface area (Å²) in [5, 5.41) is 3.39. The van der Waals surface area contributed by atoms with Crippen molar-refractivity contribution in [1.82, 2.24) is 14.9 Å². The first-order valence-electron chi connectivity index (χ1n) is 9.38. The summed E-state index contributed by atoms with van der Waals surface area (Å²) in [6, 6.07) is 6.75. The van der Waals surface area contributed by atoms with E-state index in [9.17, 15) is 13.2 Å². The Morgan fingerprint density at radius 2 is 2.04 bits per heavy atom. The predicted octanol–water partition coefficient (Wildman–Crippen LogP) is 1.51. The lowest BCUT2D eigenvalue weighted by Gasteiger charge is -2.39. The number of hydrogen-bond donors (Lipinski definition) is 2. The van der Waals surface area contributed by atoms with E-state index in [0.717, 1.165) is 37.9 Å². The molecule has 7 heteroatoms. The molecule has 1 heterocycles. The lowest BCUT2D eigenvalue weighted by atomic mass is 9.67. The van der Waals surface area contributed by atoms with Gasteiger partial charge < -0.3 is 10.2 Å². The molecule has 0 radical (unpaired) electrons. The number of carbonyl (C=O) groups excluding carboxylic acids is 1. The van der Waals surface area contributed by atoms with Crippen molar-refractivity contribution in [2.45, 2.75) is 37.5 Å². The van der Waals surface area contributed by atoms with Gasteiger partial charge in [0, 0.05) is 26.7 Å². The second-order valence-electron chi connectivity index (χ2n) is 7.67. The Morgan fingerprint density at radius 1 is 1.31 bits per heavy atom. The maximum absolute atomic E-state index is 13.1. The Kier molecular flexibility index (Phi) is 5.69. The van der Waals surface area contributed by atoms with E-state index in [1.54, 1.807) is 36.2 Å². The van der Waals surface area contributed by atoms with Gasteiger partial charge in [0.05, 0.1) is 10.3 Å². The third-order valence-electron chi connectivity index (χ3n) is 5.88. The molecule has 1 aliphatic carbocycles. The van der Waals surface area contributed by atoms with Crippen LogP contribution in [0.4, 0.5) is 0 Å². The zero-order chi connectivity index (χ0) is 18.8. The predicted molar refractivity (Wildman–Crippen MR) is 101 cm³/mol. The van der Waals surface area contributed by atoms with Gasteiger partial charge in [-0.1, -0.05) is 30.5 Å². The van der Waals surface area contributed by atoms with Crippen molar-refractivity contribution in [3.8, 4) is 0 Å². The summed E-state index contributed by atoms with van der Waals surface area (Å²) in [5.41, 5.74) is 0.726. The third kappa shape index (κ3) is 3.80. The summed E-state index contributed by atoms with van der Waals surface area (Å²) in [5.74, 6) is 0.567. The fourth-order valence-corrected chi connectivity index (χ4v) is 5.32. The molecular weight excluding hydrogens is 350 g/mol. The van der Waals surface area contributed by atoms with E-state index in [-0.39, 0.29) is 22.8 Å². The smallest absolute Gasteiger partial charge is 0.240 e. The van der Waals surface area contributed by atoms with Gasteiger partial charge in [0.15, 0.2) is 0 Å². The van der Waals surface area contributed by atoms with Crippen molar-refractivity contribution >= 4 is 15.9 Å². The van der Waals surface area contributed by atoms with Crippen molar-refractivity contribution in [3.63, 3.8) is 0 Å². The third-order valence-corrected chi connectivity index (χ3v) is 7.36. The Morgan fingerprint density at radius 3 is 2.77 bits per heavy atom. The molecule has 2 aliphatic rings. The number of nitrogens with one attached hydrogen (secondary N) is 2. The minimum absolute atomic E-state index is 0.154. The van der Waals surface area contributed by atoms with E-state index in [4.69, 9.17) is 0 Å². The van der Waals surface area contributed by atoms with Crippen molar-refractivity contribution in [2.75, 3.05) is 33.2 Å². The SMILES string of the molecule is Cc1ccc(S(=O)(=O)NCCN(C)C(=O)[C@@]23CCCC[C@H]2CNC3)cc1. The molecule has 6 nitrogen and oxygen atoms in total. The van der Waals surface area contributed by atoms with Crippen LogP contribution in [0.1, 0.15) is 31.2 Å². The average Bonchev–Trinajstić information content (AvgIpc) is 3.06. The summed E-state index contributed by atoms with van der Waals surface area (Å²) < 4.78 is 27.3. The lowest BCUT2D eigenvalue weighted by Crippen LogP contribution is -2.49. The van der Waals surface area contributed by atoms with Gasteiger partial charge in [-0.2, -0.15) is 0 Å². The normalized spacial score (nSPS) is 25.7. The van der Waals surface area contributed by atoms with E-state index >= 15 is 0 Å². The molecule has 1 amide bonds. The van der Waals surface area contributed by atoms with Crippen LogP contribution in [0.25, 0.3) is 0 Å². The molecule has 0 spiro atoms. The van der Waals surface area contributed by atoms with Gasteiger partial charge in [0.25, 0.3) is 0 Å². The highest BCUT2D eigenvalue weighted by Gasteiger charge is 2.50. The van der Waals surface area contributed by atoms with Gasteiger partial charge >= 0.3 is 0 Å². The molecule has 0 bridgehead atoms. The average molecular weight is 380 g/mol. The number of likely N-dealkylation sites (N-methyl/N-ethyl adjacent to an activating group) is 1. The van der Waals surface area contributed by atoms with E-state index < -0.39 is 10.0 Å². The number of sulfonamides is 1. The van der Waals surface area contributed by atoms with Crippen LogP contribution in [0.5, 0.6) is 0 Å². The Bertz CT molecular complexity index is 748. The van der Waals surface area contributed by atoms with Crippen LogP contribution < -0.4 is 10.0 Å². The number of amides is 1. The van der Waals surface area contributed by atoms with Crippen molar-refractivity contribution in [3.05, 3.63) is 29.8 Å². The summed E-state index contributed by atoms with van der Waals surface area (Å²) in [6.45, 7) is 4.17. The van der Waals surface area contributed by atoms with Crippen molar-refractivity contribution < 1.29 is 13.2 Å².